The van der Waals surface area contributed by atoms with E-state index in [0.29, 0.717) is 17.2 Å². The molecule has 0 aliphatic heterocycles. The van der Waals surface area contributed by atoms with E-state index in [9.17, 15) is 9.59 Å². The van der Waals surface area contributed by atoms with E-state index in [4.69, 9.17) is 14.2 Å². The van der Waals surface area contributed by atoms with Crippen LogP contribution in [0, 0.1) is 0 Å². The number of amides is 1. The van der Waals surface area contributed by atoms with Gasteiger partial charge in [-0.1, -0.05) is 42.5 Å². The van der Waals surface area contributed by atoms with E-state index in [1.165, 1.54) is 6.92 Å². The number of benzene rings is 3. The van der Waals surface area contributed by atoms with Crippen molar-refractivity contribution in [1.82, 2.24) is 0 Å². The van der Waals surface area contributed by atoms with Crippen molar-refractivity contribution in [3.63, 3.8) is 0 Å². The number of anilines is 1. The Balaban J connectivity index is 1.47. The minimum Gasteiger partial charge on any atom is -0.493 e. The monoisotopic (exact) mass is 393 g/mol. The van der Waals surface area contributed by atoms with E-state index < -0.39 is 12.1 Å². The summed E-state index contributed by atoms with van der Waals surface area (Å²) in [4.78, 5) is 24.3. The molecule has 3 aromatic rings. The lowest BCUT2D eigenvalue weighted by Gasteiger charge is -2.14. The van der Waals surface area contributed by atoms with E-state index in [1.54, 1.807) is 19.2 Å². The highest BCUT2D eigenvalue weighted by Gasteiger charge is 2.18. The van der Waals surface area contributed by atoms with Gasteiger partial charge in [-0.05, 0) is 42.0 Å². The number of esters is 1. The first-order chi connectivity index (χ1) is 14.1. The molecule has 0 spiro atoms. The summed E-state index contributed by atoms with van der Waals surface area (Å²) in [5.41, 5.74) is 0.649. The largest absolute Gasteiger partial charge is 0.493 e. The van der Waals surface area contributed by atoms with Gasteiger partial charge in [0.1, 0.15) is 0 Å². The maximum Gasteiger partial charge on any atom is 0.310 e. The quantitative estimate of drug-likeness (QED) is 0.581. The third-order valence-electron chi connectivity index (χ3n) is 4.33. The van der Waals surface area contributed by atoms with Crippen molar-refractivity contribution in [3.05, 3.63) is 66.7 Å². The minimum atomic E-state index is -0.916. The van der Waals surface area contributed by atoms with Crippen molar-refractivity contribution in [2.45, 2.75) is 19.4 Å². The van der Waals surface area contributed by atoms with Gasteiger partial charge in [0, 0.05) is 5.69 Å². The van der Waals surface area contributed by atoms with Gasteiger partial charge in [0.15, 0.2) is 17.6 Å². The van der Waals surface area contributed by atoms with Crippen molar-refractivity contribution < 1.29 is 23.8 Å². The fraction of sp³-hybridized carbons (Fsp3) is 0.217. The molecule has 1 unspecified atom stereocenters. The summed E-state index contributed by atoms with van der Waals surface area (Å²) in [6.07, 6.45) is -0.897. The van der Waals surface area contributed by atoms with Gasteiger partial charge in [0.25, 0.3) is 5.91 Å². The molecular weight excluding hydrogens is 370 g/mol. The molecule has 0 saturated carbocycles. The van der Waals surface area contributed by atoms with Gasteiger partial charge >= 0.3 is 5.97 Å². The maximum absolute atomic E-state index is 12.3. The Morgan fingerprint density at radius 2 is 1.62 bits per heavy atom. The number of hydrogen-bond donors (Lipinski definition) is 1. The maximum atomic E-state index is 12.3. The van der Waals surface area contributed by atoms with Crippen LogP contribution in [0.25, 0.3) is 10.8 Å². The summed E-state index contributed by atoms with van der Waals surface area (Å²) in [6.45, 7) is 1.66. The molecular formula is C23H23NO5. The predicted molar refractivity (Wildman–Crippen MR) is 111 cm³/mol. The minimum absolute atomic E-state index is 0.0195. The molecule has 0 saturated heterocycles. The van der Waals surface area contributed by atoms with Crippen LogP contribution in [0.4, 0.5) is 5.69 Å². The summed E-state index contributed by atoms with van der Waals surface area (Å²) in [5, 5.41) is 4.87. The summed E-state index contributed by atoms with van der Waals surface area (Å²) < 4.78 is 15.9. The molecule has 1 N–H and O–H groups in total. The standard InChI is InChI=1S/C23H23NO5/c1-16(23(26)24-19-12-11-17-7-3-4-8-18(17)15-19)29-22(25)13-14-28-21-10-6-5-9-20(21)27-2/h3-12,15-16H,13-14H2,1-2H3,(H,24,26). The number of para-hydroxylation sites is 2. The van der Waals surface area contributed by atoms with Crippen LogP contribution in [0.5, 0.6) is 11.5 Å². The van der Waals surface area contributed by atoms with E-state index in [1.807, 2.05) is 54.6 Å². The van der Waals surface area contributed by atoms with Gasteiger partial charge in [-0.15, -0.1) is 0 Å². The van der Waals surface area contributed by atoms with Gasteiger partial charge < -0.3 is 19.5 Å². The Labute approximate surface area is 169 Å². The van der Waals surface area contributed by atoms with Crippen molar-refractivity contribution >= 4 is 28.3 Å². The van der Waals surface area contributed by atoms with Gasteiger partial charge in [-0.25, -0.2) is 0 Å². The summed E-state index contributed by atoms with van der Waals surface area (Å²) in [6, 6.07) is 20.6. The normalized spacial score (nSPS) is 11.5. The highest BCUT2D eigenvalue weighted by Crippen LogP contribution is 2.25. The van der Waals surface area contributed by atoms with Crippen molar-refractivity contribution in [3.8, 4) is 11.5 Å². The first kappa shape index (κ1) is 20.2. The molecule has 6 heteroatoms. The first-order valence-electron chi connectivity index (χ1n) is 9.32. The first-order valence-corrected chi connectivity index (χ1v) is 9.32. The van der Waals surface area contributed by atoms with Gasteiger partial charge in [-0.2, -0.15) is 0 Å². The Morgan fingerprint density at radius 3 is 2.38 bits per heavy atom. The van der Waals surface area contributed by atoms with Crippen LogP contribution >= 0.6 is 0 Å². The van der Waals surface area contributed by atoms with Gasteiger partial charge in [-0.3, -0.25) is 9.59 Å². The molecule has 1 atom stereocenters. The third-order valence-corrected chi connectivity index (χ3v) is 4.33. The van der Waals surface area contributed by atoms with E-state index >= 15 is 0 Å². The molecule has 1 amide bonds. The number of carbonyl (C=O) groups excluding carboxylic acids is 2. The van der Waals surface area contributed by atoms with E-state index in [2.05, 4.69) is 5.32 Å². The second kappa shape index (κ2) is 9.59. The predicted octanol–water partition coefficient (Wildman–Crippen LogP) is 4.19. The van der Waals surface area contributed by atoms with Crippen molar-refractivity contribution in [2.75, 3.05) is 19.0 Å². The second-order valence-corrected chi connectivity index (χ2v) is 6.43. The molecule has 0 radical (unpaired) electrons. The molecule has 0 heterocycles. The molecule has 150 valence electrons. The average Bonchev–Trinajstić information content (AvgIpc) is 2.74. The lowest BCUT2D eigenvalue weighted by atomic mass is 10.1. The molecule has 0 fully saturated rings. The molecule has 0 aliphatic rings. The number of hydrogen-bond acceptors (Lipinski definition) is 5. The van der Waals surface area contributed by atoms with Crippen LogP contribution in [0.2, 0.25) is 0 Å². The van der Waals surface area contributed by atoms with Crippen LogP contribution < -0.4 is 14.8 Å². The van der Waals surface area contributed by atoms with Crippen LogP contribution in [0.15, 0.2) is 66.7 Å². The lowest BCUT2D eigenvalue weighted by Crippen LogP contribution is -2.30. The third kappa shape index (κ3) is 5.48. The van der Waals surface area contributed by atoms with E-state index in [-0.39, 0.29) is 18.9 Å². The number of rotatable bonds is 8. The number of methoxy groups -OCH3 is 1. The zero-order valence-electron chi connectivity index (χ0n) is 16.4. The fourth-order valence-electron chi connectivity index (χ4n) is 2.80. The highest BCUT2D eigenvalue weighted by molar-refractivity contribution is 5.97. The van der Waals surface area contributed by atoms with E-state index in [0.717, 1.165) is 10.8 Å². The SMILES string of the molecule is COc1ccccc1OCCC(=O)OC(C)C(=O)Nc1ccc2ccccc2c1. The molecule has 3 rings (SSSR count). The highest BCUT2D eigenvalue weighted by atomic mass is 16.6. The van der Waals surface area contributed by atoms with Crippen LogP contribution in [0.1, 0.15) is 13.3 Å². The molecule has 0 aromatic heterocycles. The lowest BCUT2D eigenvalue weighted by molar-refractivity contribution is -0.153. The molecule has 3 aromatic carbocycles. The zero-order chi connectivity index (χ0) is 20.6. The second-order valence-electron chi connectivity index (χ2n) is 6.43. The molecule has 0 bridgehead atoms. The number of nitrogens with one attached hydrogen (secondary N) is 1. The Kier molecular flexibility index (Phi) is 6.68. The van der Waals surface area contributed by atoms with Crippen LogP contribution in [0.3, 0.4) is 0 Å². The fourth-order valence-corrected chi connectivity index (χ4v) is 2.80. The zero-order valence-corrected chi connectivity index (χ0v) is 16.4. The smallest absolute Gasteiger partial charge is 0.310 e. The Hall–Kier alpha value is -3.54. The van der Waals surface area contributed by atoms with Gasteiger partial charge in [0.2, 0.25) is 0 Å². The Morgan fingerprint density at radius 1 is 0.931 bits per heavy atom. The number of carbonyl (C=O) groups is 2. The summed E-state index contributed by atoms with van der Waals surface area (Å²) in [5.74, 6) is 0.231. The van der Waals surface area contributed by atoms with Crippen LogP contribution in [-0.4, -0.2) is 31.7 Å². The Bertz CT molecular complexity index is 1000. The molecule has 29 heavy (non-hydrogen) atoms. The number of ether oxygens (including phenoxy) is 3. The topological polar surface area (TPSA) is 73.9 Å². The van der Waals surface area contributed by atoms with Gasteiger partial charge in [0.05, 0.1) is 20.1 Å². The number of fused-ring (bicyclic) bond motifs is 1. The summed E-state index contributed by atoms with van der Waals surface area (Å²) >= 11 is 0. The summed E-state index contributed by atoms with van der Waals surface area (Å²) in [7, 11) is 1.55. The average molecular weight is 393 g/mol. The van der Waals surface area contributed by atoms with Crippen LogP contribution in [-0.2, 0) is 14.3 Å². The van der Waals surface area contributed by atoms with Crippen molar-refractivity contribution in [2.24, 2.45) is 0 Å². The van der Waals surface area contributed by atoms with Crippen molar-refractivity contribution in [1.29, 1.82) is 0 Å². The molecule has 6 nitrogen and oxygen atoms in total. The molecule has 0 aliphatic carbocycles.